The molecular weight excluding hydrogens is 282 g/mol. The van der Waals surface area contributed by atoms with Gasteiger partial charge in [0.05, 0.1) is 5.75 Å². The molecule has 0 aliphatic heterocycles. The number of thioether (sulfide) groups is 1. The third-order valence-electron chi connectivity index (χ3n) is 5.36. The van der Waals surface area contributed by atoms with E-state index in [0.29, 0.717) is 17.0 Å². The van der Waals surface area contributed by atoms with Crippen LogP contribution < -0.4 is 5.32 Å². The highest BCUT2D eigenvalue weighted by atomic mass is 32.2. The highest BCUT2D eigenvalue weighted by molar-refractivity contribution is 7.99. The molecule has 21 heavy (non-hydrogen) atoms. The van der Waals surface area contributed by atoms with Crippen LogP contribution in [0, 0.1) is 37.5 Å². The second kappa shape index (κ2) is 4.97. The van der Waals surface area contributed by atoms with Crippen molar-refractivity contribution in [1.29, 1.82) is 0 Å². The number of fused-ring (bicyclic) bond motifs is 5. The fourth-order valence-electron chi connectivity index (χ4n) is 4.63. The van der Waals surface area contributed by atoms with Gasteiger partial charge < -0.3 is 5.32 Å². The van der Waals surface area contributed by atoms with Crippen LogP contribution in [-0.2, 0) is 4.79 Å². The van der Waals surface area contributed by atoms with Crippen molar-refractivity contribution in [3.05, 3.63) is 17.5 Å². The Morgan fingerprint density at radius 1 is 1.24 bits per heavy atom. The molecule has 5 atom stereocenters. The molecule has 0 spiro atoms. The monoisotopic (exact) mass is 303 g/mol. The van der Waals surface area contributed by atoms with E-state index in [0.717, 1.165) is 35.1 Å². The SMILES string of the molecule is Cc1cc(C)nc(SCC(=O)NC2[C@@H]3[C@H]4CC[C@@H](C4)[C@H]23)n1. The predicted octanol–water partition coefficient (Wildman–Crippen LogP) is 2.35. The highest BCUT2D eigenvalue weighted by Crippen LogP contribution is 2.65. The number of hydrogen-bond acceptors (Lipinski definition) is 4. The third kappa shape index (κ3) is 2.45. The Kier molecular flexibility index (Phi) is 3.21. The van der Waals surface area contributed by atoms with Crippen molar-refractivity contribution in [2.45, 2.75) is 44.3 Å². The van der Waals surface area contributed by atoms with Gasteiger partial charge in [0.2, 0.25) is 5.91 Å². The molecule has 4 rings (SSSR count). The maximum absolute atomic E-state index is 12.1. The van der Waals surface area contributed by atoms with Crippen molar-refractivity contribution in [3.8, 4) is 0 Å². The molecule has 0 aromatic carbocycles. The molecule has 1 amide bonds. The summed E-state index contributed by atoms with van der Waals surface area (Å²) in [5.74, 6) is 3.97. The molecule has 3 aliphatic carbocycles. The molecule has 0 saturated heterocycles. The van der Waals surface area contributed by atoms with Crippen LogP contribution in [0.2, 0.25) is 0 Å². The zero-order chi connectivity index (χ0) is 14.6. The Morgan fingerprint density at radius 2 is 1.86 bits per heavy atom. The maximum atomic E-state index is 12.1. The molecule has 4 nitrogen and oxygen atoms in total. The first-order valence-corrected chi connectivity index (χ1v) is 8.85. The molecule has 1 heterocycles. The highest BCUT2D eigenvalue weighted by Gasteiger charge is 2.65. The summed E-state index contributed by atoms with van der Waals surface area (Å²) < 4.78 is 0. The Labute approximate surface area is 129 Å². The maximum Gasteiger partial charge on any atom is 0.230 e. The molecule has 0 radical (unpaired) electrons. The summed E-state index contributed by atoms with van der Waals surface area (Å²) in [5, 5.41) is 3.95. The fraction of sp³-hybridized carbons (Fsp3) is 0.688. The van der Waals surface area contributed by atoms with Crippen LogP contribution >= 0.6 is 11.8 Å². The summed E-state index contributed by atoms with van der Waals surface area (Å²) in [7, 11) is 0. The fourth-order valence-corrected chi connectivity index (χ4v) is 5.39. The smallest absolute Gasteiger partial charge is 0.230 e. The summed E-state index contributed by atoms with van der Waals surface area (Å²) in [6.45, 7) is 3.92. The molecule has 1 unspecified atom stereocenters. The van der Waals surface area contributed by atoms with Crippen LogP contribution in [0.3, 0.4) is 0 Å². The molecule has 5 heteroatoms. The Morgan fingerprint density at radius 3 is 2.48 bits per heavy atom. The quantitative estimate of drug-likeness (QED) is 0.685. The van der Waals surface area contributed by atoms with Gasteiger partial charge in [-0.15, -0.1) is 0 Å². The van der Waals surface area contributed by atoms with E-state index < -0.39 is 0 Å². The third-order valence-corrected chi connectivity index (χ3v) is 6.20. The summed E-state index contributed by atoms with van der Waals surface area (Å²) in [5.41, 5.74) is 1.91. The van der Waals surface area contributed by atoms with E-state index in [-0.39, 0.29) is 5.91 Å². The number of rotatable bonds is 4. The van der Waals surface area contributed by atoms with E-state index >= 15 is 0 Å². The van der Waals surface area contributed by atoms with Gasteiger partial charge in [-0.25, -0.2) is 9.97 Å². The van der Waals surface area contributed by atoms with E-state index in [9.17, 15) is 4.79 Å². The van der Waals surface area contributed by atoms with E-state index in [1.54, 1.807) is 0 Å². The molecule has 3 aliphatic rings. The van der Waals surface area contributed by atoms with Gasteiger partial charge in [-0.3, -0.25) is 4.79 Å². The Hall–Kier alpha value is -1.10. The van der Waals surface area contributed by atoms with Gasteiger partial charge in [-0.2, -0.15) is 0 Å². The lowest BCUT2D eigenvalue weighted by Crippen LogP contribution is -2.31. The molecule has 3 saturated carbocycles. The number of carbonyl (C=O) groups excluding carboxylic acids is 1. The van der Waals surface area contributed by atoms with Crippen LogP contribution in [0.25, 0.3) is 0 Å². The van der Waals surface area contributed by atoms with Crippen molar-refractivity contribution in [1.82, 2.24) is 15.3 Å². The number of aromatic nitrogens is 2. The van der Waals surface area contributed by atoms with Crippen molar-refractivity contribution in [2.24, 2.45) is 23.7 Å². The van der Waals surface area contributed by atoms with Crippen molar-refractivity contribution >= 4 is 17.7 Å². The van der Waals surface area contributed by atoms with Gasteiger partial charge in [0.15, 0.2) is 5.16 Å². The van der Waals surface area contributed by atoms with Gasteiger partial charge in [0.25, 0.3) is 0 Å². The van der Waals surface area contributed by atoms with E-state index in [2.05, 4.69) is 15.3 Å². The summed E-state index contributed by atoms with van der Waals surface area (Å²) in [6.07, 6.45) is 4.21. The largest absolute Gasteiger partial charge is 0.352 e. The number of nitrogens with one attached hydrogen (secondary N) is 1. The van der Waals surface area contributed by atoms with Gasteiger partial charge >= 0.3 is 0 Å². The minimum absolute atomic E-state index is 0.140. The second-order valence-electron chi connectivity index (χ2n) is 6.80. The van der Waals surface area contributed by atoms with E-state index in [4.69, 9.17) is 0 Å². The molecule has 2 bridgehead atoms. The first kappa shape index (κ1) is 13.6. The summed E-state index contributed by atoms with van der Waals surface area (Å²) in [4.78, 5) is 20.8. The van der Waals surface area contributed by atoms with Crippen LogP contribution in [0.1, 0.15) is 30.7 Å². The van der Waals surface area contributed by atoms with Crippen molar-refractivity contribution in [2.75, 3.05) is 5.75 Å². The molecule has 1 N–H and O–H groups in total. The first-order chi connectivity index (χ1) is 10.1. The zero-order valence-corrected chi connectivity index (χ0v) is 13.3. The van der Waals surface area contributed by atoms with Crippen molar-refractivity contribution < 1.29 is 4.79 Å². The van der Waals surface area contributed by atoms with Gasteiger partial charge in [0, 0.05) is 17.4 Å². The van der Waals surface area contributed by atoms with E-state index in [1.165, 1.54) is 31.0 Å². The van der Waals surface area contributed by atoms with Gasteiger partial charge in [-0.1, -0.05) is 11.8 Å². The Bertz CT molecular complexity index is 555. The topological polar surface area (TPSA) is 54.9 Å². The summed E-state index contributed by atoms with van der Waals surface area (Å²) >= 11 is 1.44. The number of aryl methyl sites for hydroxylation is 2. The zero-order valence-electron chi connectivity index (χ0n) is 12.5. The normalized spacial score (nSPS) is 35.6. The molecule has 1 aromatic rings. The lowest BCUT2D eigenvalue weighted by atomic mass is 10.0. The first-order valence-electron chi connectivity index (χ1n) is 7.86. The number of nitrogens with zero attached hydrogens (tertiary/aromatic N) is 2. The minimum Gasteiger partial charge on any atom is -0.352 e. The molecule has 3 fully saturated rings. The van der Waals surface area contributed by atoms with Crippen LogP contribution in [0.5, 0.6) is 0 Å². The van der Waals surface area contributed by atoms with Gasteiger partial charge in [0.1, 0.15) is 0 Å². The number of amides is 1. The lowest BCUT2D eigenvalue weighted by molar-refractivity contribution is -0.118. The predicted molar refractivity (Wildman–Crippen MR) is 82.0 cm³/mol. The number of hydrogen-bond donors (Lipinski definition) is 1. The van der Waals surface area contributed by atoms with Crippen LogP contribution in [-0.4, -0.2) is 27.7 Å². The minimum atomic E-state index is 0.140. The number of carbonyl (C=O) groups is 1. The molecule has 112 valence electrons. The average Bonchev–Trinajstić information content (AvgIpc) is 2.82. The Balaban J connectivity index is 1.29. The van der Waals surface area contributed by atoms with Gasteiger partial charge in [-0.05, 0) is 62.8 Å². The average molecular weight is 303 g/mol. The standard InChI is InChI=1S/C16H21N3OS/c1-8-5-9(2)18-16(17-8)21-7-12(20)19-15-13-10-3-4-11(6-10)14(13)15/h5,10-11,13-15H,3-4,6-7H2,1-2H3,(H,19,20)/t10-,11-,13-,14+,15?/m0/s1. The summed E-state index contributed by atoms with van der Waals surface area (Å²) in [6, 6.07) is 2.43. The van der Waals surface area contributed by atoms with Crippen LogP contribution in [0.15, 0.2) is 11.2 Å². The second-order valence-corrected chi connectivity index (χ2v) is 7.75. The van der Waals surface area contributed by atoms with Crippen LogP contribution in [0.4, 0.5) is 0 Å². The lowest BCUT2D eigenvalue weighted by Gasteiger charge is -2.10. The molecule has 1 aromatic heterocycles. The van der Waals surface area contributed by atoms with Crippen molar-refractivity contribution in [3.63, 3.8) is 0 Å². The molecular formula is C16H21N3OS. The van der Waals surface area contributed by atoms with E-state index in [1.807, 2.05) is 19.9 Å².